The highest BCUT2D eigenvalue weighted by atomic mass is 16.4. The number of unbranched alkanes of at least 4 members (excludes halogenated alkanes) is 1. The lowest BCUT2D eigenvalue weighted by atomic mass is 10.0. The van der Waals surface area contributed by atoms with Crippen molar-refractivity contribution in [2.75, 3.05) is 6.54 Å². The zero-order valence-electron chi connectivity index (χ0n) is 9.23. The fourth-order valence-electron chi connectivity index (χ4n) is 1.65. The van der Waals surface area contributed by atoms with E-state index in [2.05, 4.69) is 5.32 Å². The molecule has 88 valence electrons. The monoisotopic (exact) mass is 222 g/mol. The lowest BCUT2D eigenvalue weighted by Gasteiger charge is -2.17. The molecule has 0 aromatic heterocycles. The summed E-state index contributed by atoms with van der Waals surface area (Å²) in [5.74, 6) is 0. The lowest BCUT2D eigenvalue weighted by molar-refractivity contribution is 0.189. The summed E-state index contributed by atoms with van der Waals surface area (Å²) in [6.07, 6.45) is 1.65. The highest BCUT2D eigenvalue weighted by Crippen LogP contribution is 2.18. The third kappa shape index (κ3) is 4.31. The molecular weight excluding hydrogens is 204 g/mol. The summed E-state index contributed by atoms with van der Waals surface area (Å²) in [7, 11) is 0. The Morgan fingerprint density at radius 1 is 1.31 bits per heavy atom. The maximum atomic E-state index is 10.7. The Morgan fingerprint density at radius 2 is 2.00 bits per heavy atom. The Hall–Kier alpha value is -1.55. The van der Waals surface area contributed by atoms with E-state index in [1.165, 1.54) is 0 Å². The molecule has 1 aromatic rings. The Bertz CT molecular complexity index is 314. The average Bonchev–Trinajstić information content (AvgIpc) is 2.29. The van der Waals surface area contributed by atoms with Gasteiger partial charge in [0, 0.05) is 0 Å². The first-order valence-electron chi connectivity index (χ1n) is 5.48. The summed E-state index contributed by atoms with van der Waals surface area (Å²) < 4.78 is 0. The summed E-state index contributed by atoms with van der Waals surface area (Å²) in [6.45, 7) is 0.647. The molecule has 0 fully saturated rings. The third-order valence-electron chi connectivity index (χ3n) is 2.45. The summed E-state index contributed by atoms with van der Waals surface area (Å²) in [5.41, 5.74) is 6.42. The Balaban J connectivity index is 2.60. The van der Waals surface area contributed by atoms with E-state index in [9.17, 15) is 4.79 Å². The summed E-state index contributed by atoms with van der Waals surface area (Å²) in [5, 5.41) is 11.3. The number of hydrogen-bond acceptors (Lipinski definition) is 2. The fourth-order valence-corrected chi connectivity index (χ4v) is 1.65. The van der Waals surface area contributed by atoms with E-state index >= 15 is 0 Å². The van der Waals surface area contributed by atoms with Gasteiger partial charge in [0.1, 0.15) is 0 Å². The van der Waals surface area contributed by atoms with Crippen LogP contribution in [0.4, 0.5) is 4.79 Å². The molecule has 0 aliphatic rings. The molecule has 0 bridgehead atoms. The zero-order chi connectivity index (χ0) is 11.8. The minimum absolute atomic E-state index is 0.134. The first-order valence-corrected chi connectivity index (χ1v) is 5.48. The number of carboxylic acid groups (broad SMARTS) is 1. The summed E-state index contributed by atoms with van der Waals surface area (Å²) in [6, 6.07) is 9.47. The number of benzene rings is 1. The maximum absolute atomic E-state index is 10.7. The van der Waals surface area contributed by atoms with Crippen molar-refractivity contribution in [3.8, 4) is 0 Å². The topological polar surface area (TPSA) is 75.3 Å². The van der Waals surface area contributed by atoms with Crippen molar-refractivity contribution in [1.29, 1.82) is 0 Å². The molecule has 0 radical (unpaired) electrons. The molecule has 4 nitrogen and oxygen atoms in total. The lowest BCUT2D eigenvalue weighted by Crippen LogP contribution is -2.26. The number of nitrogens with two attached hydrogens (primary N) is 1. The molecular formula is C12H18N2O2. The molecule has 1 amide bonds. The largest absolute Gasteiger partial charge is 0.465 e. The fraction of sp³-hybridized carbons (Fsp3) is 0.417. The minimum atomic E-state index is -0.985. The third-order valence-corrected chi connectivity index (χ3v) is 2.45. The number of amides is 1. The van der Waals surface area contributed by atoms with Crippen molar-refractivity contribution in [2.24, 2.45) is 5.73 Å². The van der Waals surface area contributed by atoms with Gasteiger partial charge in [-0.25, -0.2) is 4.79 Å². The molecule has 4 heteroatoms. The van der Waals surface area contributed by atoms with Gasteiger partial charge in [0.25, 0.3) is 0 Å². The maximum Gasteiger partial charge on any atom is 0.405 e. The molecule has 1 atom stereocenters. The zero-order valence-corrected chi connectivity index (χ0v) is 9.23. The summed E-state index contributed by atoms with van der Waals surface area (Å²) >= 11 is 0. The van der Waals surface area contributed by atoms with Crippen molar-refractivity contribution in [3.63, 3.8) is 0 Å². The molecule has 1 aromatic carbocycles. The van der Waals surface area contributed by atoms with Gasteiger partial charge < -0.3 is 16.2 Å². The molecule has 0 spiro atoms. The van der Waals surface area contributed by atoms with Crippen LogP contribution in [0.5, 0.6) is 0 Å². The van der Waals surface area contributed by atoms with Gasteiger partial charge in [-0.05, 0) is 31.4 Å². The van der Waals surface area contributed by atoms with Crippen molar-refractivity contribution >= 4 is 6.09 Å². The van der Waals surface area contributed by atoms with Crippen molar-refractivity contribution in [2.45, 2.75) is 25.3 Å². The normalized spacial score (nSPS) is 12.1. The van der Waals surface area contributed by atoms with Crippen LogP contribution in [0.15, 0.2) is 30.3 Å². The van der Waals surface area contributed by atoms with Gasteiger partial charge in [0.05, 0.1) is 6.04 Å². The van der Waals surface area contributed by atoms with E-state index in [0.717, 1.165) is 24.8 Å². The van der Waals surface area contributed by atoms with Crippen molar-refractivity contribution < 1.29 is 9.90 Å². The van der Waals surface area contributed by atoms with Gasteiger partial charge in [-0.3, -0.25) is 0 Å². The first-order chi connectivity index (χ1) is 7.74. The highest BCUT2D eigenvalue weighted by molar-refractivity contribution is 5.65. The van der Waals surface area contributed by atoms with Crippen LogP contribution in [-0.4, -0.2) is 17.7 Å². The summed E-state index contributed by atoms with van der Waals surface area (Å²) in [4.78, 5) is 10.7. The van der Waals surface area contributed by atoms with Gasteiger partial charge in [-0.1, -0.05) is 30.3 Å². The number of rotatable bonds is 6. The second-order valence-corrected chi connectivity index (χ2v) is 3.70. The van der Waals surface area contributed by atoms with E-state index in [0.29, 0.717) is 6.54 Å². The van der Waals surface area contributed by atoms with E-state index < -0.39 is 6.09 Å². The minimum Gasteiger partial charge on any atom is -0.465 e. The van der Waals surface area contributed by atoms with E-state index in [1.807, 2.05) is 30.3 Å². The van der Waals surface area contributed by atoms with Crippen molar-refractivity contribution in [3.05, 3.63) is 35.9 Å². The second kappa shape index (κ2) is 6.85. The molecule has 0 saturated carbocycles. The van der Waals surface area contributed by atoms with Crippen LogP contribution >= 0.6 is 0 Å². The number of carbonyl (C=O) groups is 1. The molecule has 0 heterocycles. The van der Waals surface area contributed by atoms with Gasteiger partial charge in [-0.15, -0.1) is 0 Å². The smallest absolute Gasteiger partial charge is 0.405 e. The van der Waals surface area contributed by atoms with Gasteiger partial charge >= 0.3 is 6.09 Å². The molecule has 4 N–H and O–H groups in total. The highest BCUT2D eigenvalue weighted by Gasteiger charge is 2.12. The quantitative estimate of drug-likeness (QED) is 0.645. The first kappa shape index (κ1) is 12.5. The Kier molecular flexibility index (Phi) is 5.36. The van der Waals surface area contributed by atoms with Crippen LogP contribution in [0.1, 0.15) is 30.9 Å². The van der Waals surface area contributed by atoms with Crippen LogP contribution in [-0.2, 0) is 0 Å². The predicted octanol–water partition coefficient (Wildman–Crippen LogP) is 2.12. The van der Waals surface area contributed by atoms with Gasteiger partial charge in [-0.2, -0.15) is 0 Å². The second-order valence-electron chi connectivity index (χ2n) is 3.70. The van der Waals surface area contributed by atoms with Gasteiger partial charge in [0.2, 0.25) is 0 Å². The van der Waals surface area contributed by atoms with Crippen LogP contribution in [0.3, 0.4) is 0 Å². The van der Waals surface area contributed by atoms with Crippen molar-refractivity contribution in [1.82, 2.24) is 5.32 Å². The Labute approximate surface area is 95.5 Å². The molecule has 1 rings (SSSR count). The van der Waals surface area contributed by atoms with E-state index in [4.69, 9.17) is 10.8 Å². The molecule has 0 aliphatic carbocycles. The van der Waals surface area contributed by atoms with E-state index in [1.54, 1.807) is 0 Å². The number of nitrogens with one attached hydrogen (secondary N) is 1. The predicted molar refractivity (Wildman–Crippen MR) is 63.2 cm³/mol. The molecule has 0 saturated heterocycles. The van der Waals surface area contributed by atoms with Crippen LogP contribution < -0.4 is 11.1 Å². The molecule has 1 unspecified atom stereocenters. The van der Waals surface area contributed by atoms with Crippen LogP contribution in [0.25, 0.3) is 0 Å². The van der Waals surface area contributed by atoms with Crippen LogP contribution in [0.2, 0.25) is 0 Å². The standard InChI is InChI=1S/C12H18N2O2/c13-9-5-4-8-11(14-12(15)16)10-6-2-1-3-7-10/h1-3,6-7,11,14H,4-5,8-9,13H2,(H,15,16). The van der Waals surface area contributed by atoms with E-state index in [-0.39, 0.29) is 6.04 Å². The van der Waals surface area contributed by atoms with Crippen LogP contribution in [0, 0.1) is 0 Å². The molecule has 0 aliphatic heterocycles. The van der Waals surface area contributed by atoms with Gasteiger partial charge in [0.15, 0.2) is 0 Å². The number of hydrogen-bond donors (Lipinski definition) is 3. The Morgan fingerprint density at radius 3 is 2.56 bits per heavy atom. The molecule has 16 heavy (non-hydrogen) atoms. The average molecular weight is 222 g/mol. The SMILES string of the molecule is NCCCCC(NC(=O)O)c1ccccc1.